The summed E-state index contributed by atoms with van der Waals surface area (Å²) in [4.78, 5) is 13.1. The van der Waals surface area contributed by atoms with E-state index in [4.69, 9.17) is 5.73 Å². The minimum Gasteiger partial charge on any atom is -0.388 e. The van der Waals surface area contributed by atoms with Crippen LogP contribution in [-0.2, 0) is 11.2 Å². The Hall–Kier alpha value is -1.40. The summed E-state index contributed by atoms with van der Waals surface area (Å²) in [7, 11) is 0. The molecular weight excluding hydrogens is 232 g/mol. The lowest BCUT2D eigenvalue weighted by Gasteiger charge is -2.38. The number of aliphatic hydroxyl groups is 1. The molecule has 1 aromatic rings. The fourth-order valence-corrected chi connectivity index (χ4v) is 2.57. The SMILES string of the molecule is NC(=O)CC1(O)CCCN(CCc2cn[nH]c2)C1. The van der Waals surface area contributed by atoms with E-state index in [1.807, 2.05) is 6.20 Å². The predicted molar refractivity (Wildman–Crippen MR) is 66.7 cm³/mol. The van der Waals surface area contributed by atoms with Crippen LogP contribution in [-0.4, -0.2) is 51.3 Å². The molecule has 0 spiro atoms. The van der Waals surface area contributed by atoms with Crippen molar-refractivity contribution in [1.29, 1.82) is 0 Å². The van der Waals surface area contributed by atoms with E-state index in [0.717, 1.165) is 31.5 Å². The molecule has 6 heteroatoms. The highest BCUT2D eigenvalue weighted by atomic mass is 16.3. The van der Waals surface area contributed by atoms with E-state index in [-0.39, 0.29) is 6.42 Å². The van der Waals surface area contributed by atoms with Gasteiger partial charge in [0.05, 0.1) is 18.2 Å². The fourth-order valence-electron chi connectivity index (χ4n) is 2.57. The van der Waals surface area contributed by atoms with Crippen LogP contribution in [0.3, 0.4) is 0 Å². The molecule has 1 aliphatic rings. The molecule has 1 unspecified atom stereocenters. The molecule has 6 nitrogen and oxygen atoms in total. The van der Waals surface area contributed by atoms with Crippen LogP contribution >= 0.6 is 0 Å². The predicted octanol–water partition coefficient (Wildman–Crippen LogP) is -0.346. The largest absolute Gasteiger partial charge is 0.388 e. The number of β-amino-alcohol motifs (C(OH)–C–C–N with tert-alkyl or cyclic N) is 1. The van der Waals surface area contributed by atoms with Gasteiger partial charge in [0, 0.05) is 19.3 Å². The van der Waals surface area contributed by atoms with E-state index in [9.17, 15) is 9.90 Å². The van der Waals surface area contributed by atoms with Crippen molar-refractivity contribution >= 4 is 5.91 Å². The summed E-state index contributed by atoms with van der Waals surface area (Å²) in [5.74, 6) is -0.436. The van der Waals surface area contributed by atoms with Crippen LogP contribution < -0.4 is 5.73 Å². The molecule has 0 saturated carbocycles. The Morgan fingerprint density at radius 2 is 2.50 bits per heavy atom. The summed E-state index contributed by atoms with van der Waals surface area (Å²) < 4.78 is 0. The summed E-state index contributed by atoms with van der Waals surface area (Å²) in [6, 6.07) is 0. The average Bonchev–Trinajstić information content (AvgIpc) is 2.77. The Morgan fingerprint density at radius 1 is 1.67 bits per heavy atom. The first-order valence-corrected chi connectivity index (χ1v) is 6.28. The van der Waals surface area contributed by atoms with Crippen molar-refractivity contribution in [3.05, 3.63) is 18.0 Å². The summed E-state index contributed by atoms with van der Waals surface area (Å²) in [6.07, 6.45) is 6.17. The Kier molecular flexibility index (Phi) is 3.98. The molecule has 0 radical (unpaired) electrons. The first kappa shape index (κ1) is 13.0. The minimum atomic E-state index is -0.944. The Balaban J connectivity index is 1.84. The number of primary amides is 1. The van der Waals surface area contributed by atoms with Gasteiger partial charge in [-0.3, -0.25) is 9.89 Å². The second kappa shape index (κ2) is 5.49. The number of carbonyl (C=O) groups excluding carboxylic acids is 1. The van der Waals surface area contributed by atoms with Crippen molar-refractivity contribution in [2.45, 2.75) is 31.3 Å². The standard InChI is InChI=1S/C12H20N4O2/c13-11(17)6-12(18)3-1-4-16(9-12)5-2-10-7-14-15-8-10/h7-8,18H,1-6,9H2,(H2,13,17)(H,14,15). The number of hydrogen-bond acceptors (Lipinski definition) is 4. The number of amides is 1. The van der Waals surface area contributed by atoms with Gasteiger partial charge < -0.3 is 15.7 Å². The highest BCUT2D eigenvalue weighted by Crippen LogP contribution is 2.24. The van der Waals surface area contributed by atoms with E-state index in [0.29, 0.717) is 13.0 Å². The van der Waals surface area contributed by atoms with Crippen molar-refractivity contribution in [1.82, 2.24) is 15.1 Å². The Bertz CT molecular complexity index is 393. The molecule has 0 bridgehead atoms. The molecule has 1 fully saturated rings. The molecule has 1 aliphatic heterocycles. The lowest BCUT2D eigenvalue weighted by atomic mass is 9.89. The van der Waals surface area contributed by atoms with Crippen LogP contribution in [0.15, 0.2) is 12.4 Å². The zero-order chi connectivity index (χ0) is 13.0. The van der Waals surface area contributed by atoms with Crippen LogP contribution in [0.5, 0.6) is 0 Å². The van der Waals surface area contributed by atoms with Crippen molar-refractivity contribution < 1.29 is 9.90 Å². The maximum absolute atomic E-state index is 11.0. The third-order valence-electron chi connectivity index (χ3n) is 3.41. The molecule has 4 N–H and O–H groups in total. The van der Waals surface area contributed by atoms with Crippen LogP contribution in [0.2, 0.25) is 0 Å². The third-order valence-corrected chi connectivity index (χ3v) is 3.41. The highest BCUT2D eigenvalue weighted by Gasteiger charge is 2.34. The van der Waals surface area contributed by atoms with Gasteiger partial charge in [-0.15, -0.1) is 0 Å². The minimum absolute atomic E-state index is 0.0508. The van der Waals surface area contributed by atoms with Gasteiger partial charge in [-0.2, -0.15) is 5.10 Å². The molecule has 100 valence electrons. The lowest BCUT2D eigenvalue weighted by molar-refractivity contribution is -0.125. The molecule has 1 saturated heterocycles. The number of likely N-dealkylation sites (tertiary alicyclic amines) is 1. The quantitative estimate of drug-likeness (QED) is 0.667. The lowest BCUT2D eigenvalue weighted by Crippen LogP contribution is -2.50. The van der Waals surface area contributed by atoms with Gasteiger partial charge >= 0.3 is 0 Å². The number of aromatic nitrogens is 2. The maximum atomic E-state index is 11.0. The normalized spacial score (nSPS) is 25.2. The van der Waals surface area contributed by atoms with Crippen LogP contribution in [0.4, 0.5) is 0 Å². The van der Waals surface area contributed by atoms with E-state index < -0.39 is 11.5 Å². The molecule has 1 atom stereocenters. The van der Waals surface area contributed by atoms with E-state index in [1.165, 1.54) is 0 Å². The van der Waals surface area contributed by atoms with E-state index in [1.54, 1.807) is 6.20 Å². The van der Waals surface area contributed by atoms with Gasteiger partial charge in [0.25, 0.3) is 0 Å². The van der Waals surface area contributed by atoms with Gasteiger partial charge in [0.2, 0.25) is 5.91 Å². The zero-order valence-electron chi connectivity index (χ0n) is 10.4. The Labute approximate surface area is 106 Å². The highest BCUT2D eigenvalue weighted by molar-refractivity contribution is 5.75. The summed E-state index contributed by atoms with van der Waals surface area (Å²) >= 11 is 0. The van der Waals surface area contributed by atoms with E-state index >= 15 is 0 Å². The smallest absolute Gasteiger partial charge is 0.220 e. The summed E-state index contributed by atoms with van der Waals surface area (Å²) in [5.41, 5.74) is 5.38. The number of nitrogens with one attached hydrogen (secondary N) is 1. The summed E-state index contributed by atoms with van der Waals surface area (Å²) in [6.45, 7) is 2.34. The second-order valence-corrected chi connectivity index (χ2v) is 5.10. The number of nitrogens with two attached hydrogens (primary N) is 1. The van der Waals surface area contributed by atoms with Crippen molar-refractivity contribution in [2.24, 2.45) is 5.73 Å². The second-order valence-electron chi connectivity index (χ2n) is 5.10. The molecule has 1 amide bonds. The number of hydrogen-bond donors (Lipinski definition) is 3. The van der Waals surface area contributed by atoms with Crippen molar-refractivity contribution in [2.75, 3.05) is 19.6 Å². The van der Waals surface area contributed by atoms with Gasteiger partial charge in [0.1, 0.15) is 0 Å². The van der Waals surface area contributed by atoms with Crippen LogP contribution in [0.25, 0.3) is 0 Å². The van der Waals surface area contributed by atoms with E-state index in [2.05, 4.69) is 15.1 Å². The Morgan fingerprint density at radius 3 is 3.17 bits per heavy atom. The molecule has 0 aliphatic carbocycles. The third kappa shape index (κ3) is 3.54. The number of piperidine rings is 1. The molecular formula is C12H20N4O2. The monoisotopic (exact) mass is 252 g/mol. The number of carbonyl (C=O) groups is 1. The zero-order valence-corrected chi connectivity index (χ0v) is 10.4. The number of nitrogens with zero attached hydrogens (tertiary/aromatic N) is 2. The van der Waals surface area contributed by atoms with Crippen molar-refractivity contribution in [3.8, 4) is 0 Å². The first-order chi connectivity index (χ1) is 8.57. The van der Waals surface area contributed by atoms with Gasteiger partial charge in [0.15, 0.2) is 0 Å². The number of rotatable bonds is 5. The molecule has 18 heavy (non-hydrogen) atoms. The first-order valence-electron chi connectivity index (χ1n) is 6.28. The number of aromatic amines is 1. The van der Waals surface area contributed by atoms with Gasteiger partial charge in [-0.1, -0.05) is 0 Å². The molecule has 1 aromatic heterocycles. The van der Waals surface area contributed by atoms with Crippen LogP contribution in [0.1, 0.15) is 24.8 Å². The summed E-state index contributed by atoms with van der Waals surface area (Å²) in [5, 5.41) is 17.0. The topological polar surface area (TPSA) is 95.2 Å². The molecule has 0 aromatic carbocycles. The fraction of sp³-hybridized carbons (Fsp3) is 0.667. The van der Waals surface area contributed by atoms with Crippen molar-refractivity contribution in [3.63, 3.8) is 0 Å². The average molecular weight is 252 g/mol. The maximum Gasteiger partial charge on any atom is 0.220 e. The van der Waals surface area contributed by atoms with Gasteiger partial charge in [-0.05, 0) is 31.4 Å². The van der Waals surface area contributed by atoms with Gasteiger partial charge in [-0.25, -0.2) is 0 Å². The molecule has 2 heterocycles. The van der Waals surface area contributed by atoms with Crippen LogP contribution in [0, 0.1) is 0 Å². The number of H-pyrrole nitrogens is 1. The molecule has 2 rings (SSSR count).